The molecule has 0 aromatic carbocycles. The van der Waals surface area contributed by atoms with Crippen molar-refractivity contribution in [3.63, 3.8) is 0 Å². The average molecular weight is 250 g/mol. The Hall–Kier alpha value is -1.58. The number of hydrogen-bond donors (Lipinski definition) is 0. The zero-order valence-electron chi connectivity index (χ0n) is 11.3. The van der Waals surface area contributed by atoms with E-state index in [2.05, 4.69) is 11.9 Å². The van der Waals surface area contributed by atoms with Crippen molar-refractivity contribution in [2.45, 2.75) is 32.6 Å². The summed E-state index contributed by atoms with van der Waals surface area (Å²) in [5, 5.41) is 0. The molecule has 0 aliphatic carbocycles. The Labute approximate surface area is 109 Å². The summed E-state index contributed by atoms with van der Waals surface area (Å²) >= 11 is 0. The van der Waals surface area contributed by atoms with Gasteiger partial charge in [-0.15, -0.1) is 0 Å². The Balaban J connectivity index is 2.43. The molecule has 18 heavy (non-hydrogen) atoms. The molecule has 0 atom stereocenters. The number of amides is 1. The fourth-order valence-electron chi connectivity index (χ4n) is 1.79. The lowest BCUT2D eigenvalue weighted by Crippen LogP contribution is -2.33. The molecule has 0 saturated heterocycles. The number of ether oxygens (including phenoxy) is 1. The summed E-state index contributed by atoms with van der Waals surface area (Å²) < 4.78 is 4.81. The lowest BCUT2D eigenvalue weighted by molar-refractivity contribution is 0.123. The molecule has 0 radical (unpaired) electrons. The Kier molecular flexibility index (Phi) is 6.84. The van der Waals surface area contributed by atoms with Crippen LogP contribution >= 0.6 is 0 Å². The average Bonchev–Trinajstić information content (AvgIpc) is 2.43. The summed E-state index contributed by atoms with van der Waals surface area (Å²) in [5.74, 6) is 0. The highest BCUT2D eigenvalue weighted by atomic mass is 16.5. The molecule has 100 valence electrons. The van der Waals surface area contributed by atoms with E-state index >= 15 is 0 Å². The third kappa shape index (κ3) is 5.17. The summed E-state index contributed by atoms with van der Waals surface area (Å²) in [7, 11) is 1.43. The number of carbonyl (C=O) groups excluding carboxylic acids is 1. The van der Waals surface area contributed by atoms with Gasteiger partial charge in [-0.1, -0.05) is 19.8 Å². The van der Waals surface area contributed by atoms with E-state index in [9.17, 15) is 4.79 Å². The van der Waals surface area contributed by atoms with Gasteiger partial charge in [0, 0.05) is 25.5 Å². The van der Waals surface area contributed by atoms with Crippen molar-refractivity contribution >= 4 is 6.09 Å². The van der Waals surface area contributed by atoms with Crippen LogP contribution in [0.1, 0.15) is 31.7 Å². The second-order valence-electron chi connectivity index (χ2n) is 4.27. The normalized spacial score (nSPS) is 10.1. The van der Waals surface area contributed by atoms with Crippen LogP contribution in [0, 0.1) is 0 Å². The number of nitrogens with zero attached hydrogens (tertiary/aromatic N) is 2. The second-order valence-corrected chi connectivity index (χ2v) is 4.27. The molecule has 1 aromatic rings. The highest BCUT2D eigenvalue weighted by Crippen LogP contribution is 2.04. The second kappa shape index (κ2) is 8.50. The van der Waals surface area contributed by atoms with Gasteiger partial charge in [0.15, 0.2) is 0 Å². The molecule has 0 aliphatic heterocycles. The zero-order valence-corrected chi connectivity index (χ0v) is 11.3. The Morgan fingerprint density at radius 3 is 2.61 bits per heavy atom. The maximum absolute atomic E-state index is 11.6. The molecule has 1 rings (SSSR count). The number of rotatable bonds is 7. The summed E-state index contributed by atoms with van der Waals surface area (Å²) in [5.41, 5.74) is 1.19. The lowest BCUT2D eigenvalue weighted by Gasteiger charge is -2.21. The molecule has 4 nitrogen and oxygen atoms in total. The number of pyridine rings is 1. The summed E-state index contributed by atoms with van der Waals surface area (Å²) in [6.45, 7) is 3.62. The van der Waals surface area contributed by atoms with Gasteiger partial charge in [0.2, 0.25) is 0 Å². The van der Waals surface area contributed by atoms with E-state index in [-0.39, 0.29) is 6.09 Å². The molecule has 0 saturated carbocycles. The van der Waals surface area contributed by atoms with Crippen LogP contribution in [0.4, 0.5) is 4.79 Å². The van der Waals surface area contributed by atoms with E-state index in [1.54, 1.807) is 17.3 Å². The Morgan fingerprint density at radius 2 is 2.00 bits per heavy atom. The summed E-state index contributed by atoms with van der Waals surface area (Å²) in [6, 6.07) is 3.95. The first-order valence-electron chi connectivity index (χ1n) is 6.49. The number of aromatic nitrogens is 1. The largest absolute Gasteiger partial charge is 0.453 e. The van der Waals surface area contributed by atoms with Gasteiger partial charge in [-0.05, 0) is 30.5 Å². The molecule has 0 N–H and O–H groups in total. The van der Waals surface area contributed by atoms with Crippen molar-refractivity contribution in [1.29, 1.82) is 0 Å². The summed E-state index contributed by atoms with van der Waals surface area (Å²) in [6.07, 6.45) is 7.47. The van der Waals surface area contributed by atoms with E-state index in [4.69, 9.17) is 4.74 Å². The van der Waals surface area contributed by atoms with Gasteiger partial charge in [-0.3, -0.25) is 4.98 Å². The van der Waals surface area contributed by atoms with E-state index in [1.165, 1.54) is 12.7 Å². The zero-order chi connectivity index (χ0) is 13.2. The number of hydrogen-bond acceptors (Lipinski definition) is 3. The Bertz CT molecular complexity index is 341. The van der Waals surface area contributed by atoms with Gasteiger partial charge >= 0.3 is 6.09 Å². The summed E-state index contributed by atoms with van der Waals surface area (Å²) in [4.78, 5) is 17.4. The first-order chi connectivity index (χ1) is 8.77. The highest BCUT2D eigenvalue weighted by molar-refractivity contribution is 5.67. The van der Waals surface area contributed by atoms with Gasteiger partial charge in [-0.25, -0.2) is 4.79 Å². The molecule has 0 fully saturated rings. The van der Waals surface area contributed by atoms with Gasteiger partial charge in [0.25, 0.3) is 0 Å². The quantitative estimate of drug-likeness (QED) is 0.699. The third-order valence-electron chi connectivity index (χ3n) is 2.88. The predicted octanol–water partition coefficient (Wildman–Crippen LogP) is 2.88. The molecule has 0 aliphatic rings. The van der Waals surface area contributed by atoms with Gasteiger partial charge in [0.1, 0.15) is 0 Å². The van der Waals surface area contributed by atoms with Crippen molar-refractivity contribution in [3.05, 3.63) is 30.1 Å². The molecule has 1 aromatic heterocycles. The van der Waals surface area contributed by atoms with Gasteiger partial charge < -0.3 is 9.64 Å². The first kappa shape index (κ1) is 14.5. The molecule has 0 bridgehead atoms. The maximum Gasteiger partial charge on any atom is 0.409 e. The van der Waals surface area contributed by atoms with Crippen LogP contribution in [0.25, 0.3) is 0 Å². The van der Waals surface area contributed by atoms with Crippen molar-refractivity contribution in [1.82, 2.24) is 9.88 Å². The minimum Gasteiger partial charge on any atom is -0.453 e. The molecular weight excluding hydrogens is 228 g/mol. The van der Waals surface area contributed by atoms with E-state index < -0.39 is 0 Å². The third-order valence-corrected chi connectivity index (χ3v) is 2.88. The minimum atomic E-state index is -0.236. The van der Waals surface area contributed by atoms with Crippen molar-refractivity contribution in [2.24, 2.45) is 0 Å². The minimum absolute atomic E-state index is 0.236. The van der Waals surface area contributed by atoms with E-state index in [0.717, 1.165) is 32.2 Å². The van der Waals surface area contributed by atoms with Crippen LogP contribution in [0.3, 0.4) is 0 Å². The predicted molar refractivity (Wildman–Crippen MR) is 71.4 cm³/mol. The SMILES string of the molecule is CCCCCN(CCc1ccncc1)C(=O)OC. The number of unbranched alkanes of at least 4 members (excludes halogenated alkanes) is 2. The van der Waals surface area contributed by atoms with E-state index in [0.29, 0.717) is 6.54 Å². The Morgan fingerprint density at radius 1 is 1.28 bits per heavy atom. The standard InChI is InChI=1S/C14H22N2O2/c1-3-4-5-11-16(14(17)18-2)12-8-13-6-9-15-10-7-13/h6-7,9-10H,3-5,8,11-12H2,1-2H3. The van der Waals surface area contributed by atoms with Crippen molar-refractivity contribution in [2.75, 3.05) is 20.2 Å². The number of carbonyl (C=O) groups is 1. The van der Waals surface area contributed by atoms with Crippen LogP contribution < -0.4 is 0 Å². The monoisotopic (exact) mass is 250 g/mol. The van der Waals surface area contributed by atoms with Crippen LogP contribution in [-0.4, -0.2) is 36.2 Å². The highest BCUT2D eigenvalue weighted by Gasteiger charge is 2.12. The van der Waals surface area contributed by atoms with Crippen LogP contribution in [0.5, 0.6) is 0 Å². The molecular formula is C14H22N2O2. The smallest absolute Gasteiger partial charge is 0.409 e. The molecule has 4 heteroatoms. The van der Waals surface area contributed by atoms with Crippen molar-refractivity contribution in [3.8, 4) is 0 Å². The topological polar surface area (TPSA) is 42.4 Å². The van der Waals surface area contributed by atoms with Crippen LogP contribution in [-0.2, 0) is 11.2 Å². The maximum atomic E-state index is 11.6. The fourth-order valence-corrected chi connectivity index (χ4v) is 1.79. The van der Waals surface area contributed by atoms with Crippen LogP contribution in [0.15, 0.2) is 24.5 Å². The van der Waals surface area contributed by atoms with Crippen molar-refractivity contribution < 1.29 is 9.53 Å². The van der Waals surface area contributed by atoms with Crippen LogP contribution in [0.2, 0.25) is 0 Å². The van der Waals surface area contributed by atoms with E-state index in [1.807, 2.05) is 12.1 Å². The van der Waals surface area contributed by atoms with Gasteiger partial charge in [0.05, 0.1) is 7.11 Å². The first-order valence-corrected chi connectivity index (χ1v) is 6.49. The molecule has 0 spiro atoms. The molecule has 1 amide bonds. The molecule has 0 unspecified atom stereocenters. The fraction of sp³-hybridized carbons (Fsp3) is 0.571. The number of methoxy groups -OCH3 is 1. The molecule has 1 heterocycles. The lowest BCUT2D eigenvalue weighted by atomic mass is 10.2. The van der Waals surface area contributed by atoms with Gasteiger partial charge in [-0.2, -0.15) is 0 Å².